The highest BCUT2D eigenvalue weighted by Crippen LogP contribution is 2.37. The fourth-order valence-electron chi connectivity index (χ4n) is 3.06. The number of carbonyl (C=O) groups excluding carboxylic acids is 1. The zero-order valence-corrected chi connectivity index (χ0v) is 14.7. The smallest absolute Gasteiger partial charge is 0.493 e. The maximum Gasteiger partial charge on any atom is 0.573 e. The Morgan fingerprint density at radius 2 is 1.79 bits per heavy atom. The first-order valence-corrected chi connectivity index (χ1v) is 8.64. The van der Waals surface area contributed by atoms with E-state index in [0.717, 1.165) is 5.56 Å². The monoisotopic (exact) mass is 394 g/mol. The number of aliphatic carboxylic acids is 1. The number of hydrogen-bond donors (Lipinski definition) is 1. The standard InChI is InChI=1S/C20H17F3O5/c21-20(22,23)28-14-6-3-12(4-7-14)16-10-13-5-8-17(24)15(13)11-18(16)27-9-1-2-19(25)26/h3-4,6-7,10-11H,1-2,5,8-9H2,(H,25,26). The SMILES string of the molecule is O=C(O)CCCOc1cc2c(cc1-c1ccc(OC(F)(F)F)cc1)CCC2=O. The van der Waals surface area contributed by atoms with Crippen molar-refractivity contribution in [3.8, 4) is 22.6 Å². The molecule has 0 aromatic heterocycles. The van der Waals surface area contributed by atoms with Crippen LogP contribution in [-0.4, -0.2) is 29.8 Å². The summed E-state index contributed by atoms with van der Waals surface area (Å²) >= 11 is 0. The van der Waals surface area contributed by atoms with E-state index < -0.39 is 12.3 Å². The second kappa shape index (κ2) is 7.92. The van der Waals surface area contributed by atoms with E-state index in [1.54, 1.807) is 12.1 Å². The number of alkyl halides is 3. The van der Waals surface area contributed by atoms with Crippen molar-refractivity contribution >= 4 is 11.8 Å². The largest absolute Gasteiger partial charge is 0.573 e. The van der Waals surface area contributed by atoms with Crippen LogP contribution in [0.4, 0.5) is 13.2 Å². The topological polar surface area (TPSA) is 72.8 Å². The van der Waals surface area contributed by atoms with Crippen LogP contribution in [0.25, 0.3) is 11.1 Å². The molecule has 3 rings (SSSR count). The highest BCUT2D eigenvalue weighted by Gasteiger charge is 2.31. The molecule has 2 aromatic rings. The third-order valence-corrected chi connectivity index (χ3v) is 4.32. The average Bonchev–Trinajstić information content (AvgIpc) is 2.97. The first kappa shape index (κ1) is 19.7. The van der Waals surface area contributed by atoms with Crippen LogP contribution < -0.4 is 9.47 Å². The number of halogens is 3. The summed E-state index contributed by atoms with van der Waals surface area (Å²) in [5.74, 6) is -0.875. The van der Waals surface area contributed by atoms with Gasteiger partial charge < -0.3 is 14.6 Å². The van der Waals surface area contributed by atoms with E-state index in [-0.39, 0.29) is 31.0 Å². The van der Waals surface area contributed by atoms with Gasteiger partial charge in [-0.15, -0.1) is 13.2 Å². The molecule has 1 N–H and O–H groups in total. The van der Waals surface area contributed by atoms with Crippen molar-refractivity contribution in [2.75, 3.05) is 6.61 Å². The van der Waals surface area contributed by atoms with Crippen LogP contribution >= 0.6 is 0 Å². The van der Waals surface area contributed by atoms with Gasteiger partial charge in [-0.1, -0.05) is 12.1 Å². The molecule has 0 bridgehead atoms. The molecular formula is C20H17F3O5. The molecule has 8 heteroatoms. The van der Waals surface area contributed by atoms with Crippen LogP contribution in [0.1, 0.15) is 35.2 Å². The summed E-state index contributed by atoms with van der Waals surface area (Å²) in [5, 5.41) is 8.72. The second-order valence-electron chi connectivity index (χ2n) is 6.35. The Kier molecular flexibility index (Phi) is 5.58. The number of aryl methyl sites for hydroxylation is 1. The number of hydrogen-bond acceptors (Lipinski definition) is 4. The van der Waals surface area contributed by atoms with E-state index in [1.165, 1.54) is 24.3 Å². The molecule has 2 aromatic carbocycles. The van der Waals surface area contributed by atoms with Crippen molar-refractivity contribution in [2.24, 2.45) is 0 Å². The Morgan fingerprint density at radius 1 is 1.07 bits per heavy atom. The van der Waals surface area contributed by atoms with Crippen molar-refractivity contribution in [1.29, 1.82) is 0 Å². The first-order chi connectivity index (χ1) is 13.2. The molecule has 0 spiro atoms. The minimum absolute atomic E-state index is 0.00543. The lowest BCUT2D eigenvalue weighted by atomic mass is 9.99. The van der Waals surface area contributed by atoms with Gasteiger partial charge in [0.1, 0.15) is 11.5 Å². The molecule has 0 unspecified atom stereocenters. The van der Waals surface area contributed by atoms with Crippen LogP contribution in [0.3, 0.4) is 0 Å². The summed E-state index contributed by atoms with van der Waals surface area (Å²) in [6.07, 6.45) is -3.54. The molecule has 1 aliphatic rings. The van der Waals surface area contributed by atoms with E-state index in [2.05, 4.69) is 4.74 Å². The van der Waals surface area contributed by atoms with Gasteiger partial charge in [0, 0.05) is 24.0 Å². The van der Waals surface area contributed by atoms with E-state index in [4.69, 9.17) is 9.84 Å². The molecule has 1 aliphatic carbocycles. The molecule has 148 valence electrons. The Labute approximate surface area is 158 Å². The van der Waals surface area contributed by atoms with Gasteiger partial charge in [-0.25, -0.2) is 0 Å². The normalized spacial score (nSPS) is 13.3. The van der Waals surface area contributed by atoms with E-state index in [0.29, 0.717) is 35.3 Å². The maximum atomic E-state index is 12.3. The number of carboxylic acids is 1. The number of Topliss-reactive ketones (excluding diaryl/α,β-unsaturated/α-hetero) is 1. The summed E-state index contributed by atoms with van der Waals surface area (Å²) in [7, 11) is 0. The Hall–Kier alpha value is -3.03. The van der Waals surface area contributed by atoms with Gasteiger partial charge >= 0.3 is 12.3 Å². The summed E-state index contributed by atoms with van der Waals surface area (Å²) in [6, 6.07) is 8.78. The lowest BCUT2D eigenvalue weighted by Gasteiger charge is -2.15. The molecule has 0 atom stereocenters. The van der Waals surface area contributed by atoms with Crippen molar-refractivity contribution in [3.63, 3.8) is 0 Å². The molecule has 0 radical (unpaired) electrons. The number of ether oxygens (including phenoxy) is 2. The first-order valence-electron chi connectivity index (χ1n) is 8.64. The van der Waals surface area contributed by atoms with Crippen molar-refractivity contribution < 1.29 is 37.3 Å². The molecule has 0 aliphatic heterocycles. The zero-order chi connectivity index (χ0) is 20.3. The molecule has 0 amide bonds. The number of carbonyl (C=O) groups is 2. The maximum absolute atomic E-state index is 12.3. The Morgan fingerprint density at radius 3 is 2.43 bits per heavy atom. The highest BCUT2D eigenvalue weighted by molar-refractivity contribution is 6.01. The van der Waals surface area contributed by atoms with Crippen LogP contribution in [0.15, 0.2) is 36.4 Å². The second-order valence-corrected chi connectivity index (χ2v) is 6.35. The number of ketones is 1. The zero-order valence-electron chi connectivity index (χ0n) is 14.7. The predicted octanol–water partition coefficient (Wildman–Crippen LogP) is 4.62. The van der Waals surface area contributed by atoms with Crippen molar-refractivity contribution in [2.45, 2.75) is 32.0 Å². The quantitative estimate of drug-likeness (QED) is 0.694. The summed E-state index contributed by atoms with van der Waals surface area (Å²) < 4.78 is 46.6. The van der Waals surface area contributed by atoms with Crippen molar-refractivity contribution in [3.05, 3.63) is 47.5 Å². The van der Waals surface area contributed by atoms with Crippen LogP contribution in [0.5, 0.6) is 11.5 Å². The fraction of sp³-hybridized carbons (Fsp3) is 0.300. The molecular weight excluding hydrogens is 377 g/mol. The number of carboxylic acid groups (broad SMARTS) is 1. The lowest BCUT2D eigenvalue weighted by Crippen LogP contribution is -2.16. The van der Waals surface area contributed by atoms with E-state index in [9.17, 15) is 22.8 Å². The molecule has 0 fully saturated rings. The molecule has 5 nitrogen and oxygen atoms in total. The summed E-state index contributed by atoms with van der Waals surface area (Å²) in [5.41, 5.74) is 2.65. The van der Waals surface area contributed by atoms with E-state index >= 15 is 0 Å². The van der Waals surface area contributed by atoms with Gasteiger partial charge in [0.2, 0.25) is 0 Å². The van der Waals surface area contributed by atoms with Gasteiger partial charge in [-0.05, 0) is 48.2 Å². The number of rotatable bonds is 7. The van der Waals surface area contributed by atoms with Crippen LogP contribution in [0.2, 0.25) is 0 Å². The Balaban J connectivity index is 1.88. The molecule has 0 saturated heterocycles. The number of fused-ring (bicyclic) bond motifs is 1. The fourth-order valence-corrected chi connectivity index (χ4v) is 3.06. The minimum Gasteiger partial charge on any atom is -0.493 e. The molecule has 0 saturated carbocycles. The van der Waals surface area contributed by atoms with Gasteiger partial charge in [0.05, 0.1) is 6.61 Å². The molecule has 28 heavy (non-hydrogen) atoms. The third-order valence-electron chi connectivity index (χ3n) is 4.32. The highest BCUT2D eigenvalue weighted by atomic mass is 19.4. The van der Waals surface area contributed by atoms with Gasteiger partial charge in [0.25, 0.3) is 0 Å². The summed E-state index contributed by atoms with van der Waals surface area (Å²) in [6.45, 7) is 0.140. The van der Waals surface area contributed by atoms with Crippen molar-refractivity contribution in [1.82, 2.24) is 0 Å². The minimum atomic E-state index is -4.77. The summed E-state index contributed by atoms with van der Waals surface area (Å²) in [4.78, 5) is 22.6. The third kappa shape index (κ3) is 4.82. The predicted molar refractivity (Wildman–Crippen MR) is 93.6 cm³/mol. The van der Waals surface area contributed by atoms with Crippen LogP contribution in [-0.2, 0) is 11.2 Å². The van der Waals surface area contributed by atoms with Crippen LogP contribution in [0, 0.1) is 0 Å². The van der Waals surface area contributed by atoms with Gasteiger partial charge in [0.15, 0.2) is 5.78 Å². The lowest BCUT2D eigenvalue weighted by molar-refractivity contribution is -0.274. The Bertz CT molecular complexity index is 888. The van der Waals surface area contributed by atoms with E-state index in [1.807, 2.05) is 0 Å². The molecule has 0 heterocycles. The van der Waals surface area contributed by atoms with Gasteiger partial charge in [-0.3, -0.25) is 9.59 Å². The average molecular weight is 394 g/mol. The number of benzene rings is 2. The van der Waals surface area contributed by atoms with Gasteiger partial charge in [-0.2, -0.15) is 0 Å².